The lowest BCUT2D eigenvalue weighted by atomic mass is 9.84. The molecule has 0 saturated carbocycles. The molecule has 0 aliphatic carbocycles. The molecular formula is C18H19Cl2N5O2. The number of aryl methyl sites for hydroxylation is 1. The molecule has 0 bridgehead atoms. The van der Waals surface area contributed by atoms with Crippen LogP contribution in [0.5, 0.6) is 0 Å². The van der Waals surface area contributed by atoms with Gasteiger partial charge in [0.2, 0.25) is 5.91 Å². The van der Waals surface area contributed by atoms with E-state index in [9.17, 15) is 9.59 Å². The van der Waals surface area contributed by atoms with Crippen LogP contribution in [0, 0.1) is 0 Å². The van der Waals surface area contributed by atoms with Crippen molar-refractivity contribution in [2.45, 2.75) is 25.8 Å². The number of benzene rings is 1. The summed E-state index contributed by atoms with van der Waals surface area (Å²) in [6.45, 7) is 4.24. The van der Waals surface area contributed by atoms with E-state index in [2.05, 4.69) is 15.4 Å². The van der Waals surface area contributed by atoms with E-state index in [1.807, 2.05) is 19.9 Å². The maximum absolute atomic E-state index is 12.4. The van der Waals surface area contributed by atoms with E-state index in [0.717, 1.165) is 5.56 Å². The molecule has 3 rings (SSSR count). The molecule has 0 fully saturated rings. The molecule has 1 amide bonds. The highest BCUT2D eigenvalue weighted by atomic mass is 35.5. The highest BCUT2D eigenvalue weighted by Gasteiger charge is 2.22. The van der Waals surface area contributed by atoms with Crippen molar-refractivity contribution in [1.82, 2.24) is 24.6 Å². The van der Waals surface area contributed by atoms with Gasteiger partial charge in [-0.3, -0.25) is 18.8 Å². The third-order valence-corrected chi connectivity index (χ3v) is 5.20. The number of halogens is 2. The van der Waals surface area contributed by atoms with E-state index in [1.54, 1.807) is 19.2 Å². The maximum Gasteiger partial charge on any atom is 0.264 e. The first-order valence-electron chi connectivity index (χ1n) is 8.28. The summed E-state index contributed by atoms with van der Waals surface area (Å²) in [5, 5.41) is 8.20. The molecule has 0 radical (unpaired) electrons. The second kappa shape index (κ2) is 7.32. The normalized spacial score (nSPS) is 11.7. The number of rotatable bonds is 5. The minimum atomic E-state index is -0.361. The fourth-order valence-electron chi connectivity index (χ4n) is 2.73. The molecule has 0 unspecified atom stereocenters. The van der Waals surface area contributed by atoms with Crippen LogP contribution in [-0.4, -0.2) is 31.8 Å². The monoisotopic (exact) mass is 407 g/mol. The van der Waals surface area contributed by atoms with Gasteiger partial charge in [0, 0.05) is 19.0 Å². The highest BCUT2D eigenvalue weighted by molar-refractivity contribution is 6.42. The van der Waals surface area contributed by atoms with E-state index >= 15 is 0 Å². The van der Waals surface area contributed by atoms with Crippen molar-refractivity contribution in [1.29, 1.82) is 0 Å². The van der Waals surface area contributed by atoms with E-state index in [1.165, 1.54) is 21.8 Å². The van der Waals surface area contributed by atoms with Gasteiger partial charge in [-0.2, -0.15) is 5.10 Å². The number of aromatic nitrogens is 4. The van der Waals surface area contributed by atoms with Crippen molar-refractivity contribution >= 4 is 40.1 Å². The van der Waals surface area contributed by atoms with Crippen LogP contribution in [0.3, 0.4) is 0 Å². The smallest absolute Gasteiger partial charge is 0.264 e. The van der Waals surface area contributed by atoms with Crippen molar-refractivity contribution in [2.75, 3.05) is 6.54 Å². The van der Waals surface area contributed by atoms with Crippen molar-refractivity contribution in [2.24, 2.45) is 7.05 Å². The lowest BCUT2D eigenvalue weighted by Gasteiger charge is -2.26. The molecule has 0 atom stereocenters. The van der Waals surface area contributed by atoms with Crippen molar-refractivity contribution in [3.05, 3.63) is 56.7 Å². The second-order valence-electron chi connectivity index (χ2n) is 6.97. The van der Waals surface area contributed by atoms with Crippen LogP contribution in [0.15, 0.2) is 35.5 Å². The fraction of sp³-hybridized carbons (Fsp3) is 0.333. The van der Waals surface area contributed by atoms with Crippen molar-refractivity contribution < 1.29 is 4.79 Å². The standard InChI is InChI=1S/C18H19Cl2N5O2/c1-18(2,11-4-5-13(19)14(20)6-11)9-21-15(26)8-25-10-22-16-12(17(25)27)7-23-24(16)3/h4-7,10H,8-9H2,1-3H3,(H,21,26). The summed E-state index contributed by atoms with van der Waals surface area (Å²) in [5.74, 6) is -0.282. The molecule has 0 spiro atoms. The predicted molar refractivity (Wildman–Crippen MR) is 105 cm³/mol. The average Bonchev–Trinajstić information content (AvgIpc) is 3.00. The summed E-state index contributed by atoms with van der Waals surface area (Å²) in [4.78, 5) is 29.0. The molecule has 142 valence electrons. The Morgan fingerprint density at radius 3 is 2.70 bits per heavy atom. The molecule has 2 heterocycles. The van der Waals surface area contributed by atoms with Crippen LogP contribution in [0.4, 0.5) is 0 Å². The third kappa shape index (κ3) is 3.99. The molecule has 1 N–H and O–H groups in total. The van der Waals surface area contributed by atoms with Gasteiger partial charge in [-0.05, 0) is 17.7 Å². The average molecular weight is 408 g/mol. The molecule has 27 heavy (non-hydrogen) atoms. The Kier molecular flexibility index (Phi) is 5.26. The first-order chi connectivity index (χ1) is 12.7. The van der Waals surface area contributed by atoms with Gasteiger partial charge in [0.15, 0.2) is 5.65 Å². The Bertz CT molecular complexity index is 1070. The van der Waals surface area contributed by atoms with E-state index in [-0.39, 0.29) is 23.4 Å². The number of nitrogens with one attached hydrogen (secondary N) is 1. The van der Waals surface area contributed by atoms with Crippen LogP contribution >= 0.6 is 23.2 Å². The lowest BCUT2D eigenvalue weighted by molar-refractivity contribution is -0.121. The summed E-state index contributed by atoms with van der Waals surface area (Å²) in [7, 11) is 1.71. The Morgan fingerprint density at radius 2 is 2.00 bits per heavy atom. The molecule has 7 nitrogen and oxygen atoms in total. The SMILES string of the molecule is Cn1ncc2c(=O)n(CC(=O)NCC(C)(C)c3ccc(Cl)c(Cl)c3)cnc21. The molecule has 0 aliphatic rings. The molecule has 2 aromatic heterocycles. The highest BCUT2D eigenvalue weighted by Crippen LogP contribution is 2.29. The topological polar surface area (TPSA) is 81.8 Å². The number of fused-ring (bicyclic) bond motifs is 1. The van der Waals surface area contributed by atoms with E-state index in [0.29, 0.717) is 27.6 Å². The first-order valence-corrected chi connectivity index (χ1v) is 9.04. The summed E-state index contributed by atoms with van der Waals surface area (Å²) in [6, 6.07) is 5.41. The van der Waals surface area contributed by atoms with Gasteiger partial charge < -0.3 is 5.32 Å². The van der Waals surface area contributed by atoms with Gasteiger partial charge in [0.25, 0.3) is 5.56 Å². The number of hydrogen-bond donors (Lipinski definition) is 1. The Morgan fingerprint density at radius 1 is 1.26 bits per heavy atom. The minimum Gasteiger partial charge on any atom is -0.354 e. The minimum absolute atomic E-state index is 0.117. The number of amides is 1. The number of carbonyl (C=O) groups is 1. The van der Waals surface area contributed by atoms with Gasteiger partial charge >= 0.3 is 0 Å². The molecular weight excluding hydrogens is 389 g/mol. The zero-order chi connectivity index (χ0) is 19.8. The number of nitrogens with zero attached hydrogens (tertiary/aromatic N) is 4. The van der Waals surface area contributed by atoms with Crippen LogP contribution in [-0.2, 0) is 23.8 Å². The van der Waals surface area contributed by atoms with Gasteiger partial charge in [0.05, 0.1) is 16.2 Å². The Balaban J connectivity index is 1.70. The summed E-state index contributed by atoms with van der Waals surface area (Å²) >= 11 is 12.0. The van der Waals surface area contributed by atoms with Crippen LogP contribution in [0.1, 0.15) is 19.4 Å². The summed E-state index contributed by atoms with van der Waals surface area (Å²) < 4.78 is 2.78. The third-order valence-electron chi connectivity index (χ3n) is 4.46. The molecule has 0 aliphatic heterocycles. The first kappa shape index (κ1) is 19.4. The Hall–Kier alpha value is -2.38. The van der Waals surface area contributed by atoms with E-state index in [4.69, 9.17) is 23.2 Å². The molecule has 3 aromatic rings. The molecule has 9 heteroatoms. The maximum atomic E-state index is 12.4. The Labute approximate surface area is 165 Å². The largest absolute Gasteiger partial charge is 0.354 e. The van der Waals surface area contributed by atoms with E-state index < -0.39 is 0 Å². The van der Waals surface area contributed by atoms with Crippen molar-refractivity contribution in [3.63, 3.8) is 0 Å². The zero-order valence-electron chi connectivity index (χ0n) is 15.2. The van der Waals surface area contributed by atoms with Crippen LogP contribution in [0.25, 0.3) is 11.0 Å². The van der Waals surface area contributed by atoms with Crippen LogP contribution in [0.2, 0.25) is 10.0 Å². The van der Waals surface area contributed by atoms with Gasteiger partial charge in [-0.25, -0.2) is 4.98 Å². The number of carbonyl (C=O) groups excluding carboxylic acids is 1. The lowest BCUT2D eigenvalue weighted by Crippen LogP contribution is -2.39. The van der Waals surface area contributed by atoms with Crippen molar-refractivity contribution in [3.8, 4) is 0 Å². The second-order valence-corrected chi connectivity index (χ2v) is 7.79. The fourth-order valence-corrected chi connectivity index (χ4v) is 3.03. The molecule has 0 saturated heterocycles. The van der Waals surface area contributed by atoms with Crippen LogP contribution < -0.4 is 10.9 Å². The number of hydrogen-bond acceptors (Lipinski definition) is 4. The zero-order valence-corrected chi connectivity index (χ0v) is 16.7. The predicted octanol–water partition coefficient (Wildman–Crippen LogP) is 2.53. The van der Waals surface area contributed by atoms with Gasteiger partial charge in [-0.15, -0.1) is 0 Å². The quantitative estimate of drug-likeness (QED) is 0.704. The summed E-state index contributed by atoms with van der Waals surface area (Å²) in [6.07, 6.45) is 2.81. The molecule has 1 aromatic carbocycles. The van der Waals surface area contributed by atoms with Gasteiger partial charge in [0.1, 0.15) is 18.3 Å². The van der Waals surface area contributed by atoms with Gasteiger partial charge in [-0.1, -0.05) is 43.1 Å². The summed E-state index contributed by atoms with van der Waals surface area (Å²) in [5.41, 5.74) is 0.776.